The third kappa shape index (κ3) is 6.10. The number of rotatable bonds is 7. The number of carbonyl (C=O) groups excluding carboxylic acids is 2. The highest BCUT2D eigenvalue weighted by molar-refractivity contribution is 5.91. The van der Waals surface area contributed by atoms with Gasteiger partial charge in [0, 0.05) is 5.69 Å². The number of para-hydroxylation sites is 2. The zero-order chi connectivity index (χ0) is 19.6. The van der Waals surface area contributed by atoms with E-state index < -0.39 is 18.0 Å². The Hall–Kier alpha value is -3.42. The van der Waals surface area contributed by atoms with Crippen LogP contribution in [-0.2, 0) is 4.79 Å². The third-order valence-corrected chi connectivity index (χ3v) is 3.46. The summed E-state index contributed by atoms with van der Waals surface area (Å²) in [5.41, 5.74) is 5.13. The molecule has 0 saturated heterocycles. The second-order valence-electron chi connectivity index (χ2n) is 5.44. The Balaban J connectivity index is 1.80. The fourth-order valence-corrected chi connectivity index (χ4v) is 2.14. The summed E-state index contributed by atoms with van der Waals surface area (Å²) < 4.78 is 16.1. The molecule has 27 heavy (non-hydrogen) atoms. The van der Waals surface area contributed by atoms with Gasteiger partial charge in [0.1, 0.15) is 5.75 Å². The molecule has 0 heterocycles. The molecular formula is C19H23N3O5. The summed E-state index contributed by atoms with van der Waals surface area (Å²) >= 11 is 0. The smallest absolute Gasteiger partial charge is 0.337 e. The second-order valence-corrected chi connectivity index (χ2v) is 5.44. The van der Waals surface area contributed by atoms with E-state index in [0.717, 1.165) is 0 Å². The maximum absolute atomic E-state index is 12.1. The Morgan fingerprint density at radius 3 is 2.30 bits per heavy atom. The molecular weight excluding hydrogens is 350 g/mol. The number of benzene rings is 2. The molecule has 0 fully saturated rings. The molecule has 0 radical (unpaired) electrons. The summed E-state index contributed by atoms with van der Waals surface area (Å²) in [6.07, 6.45) is -0.841. The summed E-state index contributed by atoms with van der Waals surface area (Å²) in [5, 5.41) is 2.59. The molecule has 3 amide bonds. The van der Waals surface area contributed by atoms with Crippen molar-refractivity contribution in [3.8, 4) is 17.2 Å². The molecule has 2 rings (SSSR count). The highest BCUT2D eigenvalue weighted by Crippen LogP contribution is 2.26. The van der Waals surface area contributed by atoms with Gasteiger partial charge in [-0.25, -0.2) is 10.2 Å². The first kappa shape index (κ1) is 19.9. The second kappa shape index (κ2) is 9.91. The van der Waals surface area contributed by atoms with Gasteiger partial charge < -0.3 is 19.5 Å². The predicted octanol–water partition coefficient (Wildman–Crippen LogP) is 2.71. The number of urea groups is 1. The lowest BCUT2D eigenvalue weighted by Crippen LogP contribution is -2.48. The molecule has 1 atom stereocenters. The number of amides is 3. The van der Waals surface area contributed by atoms with Crippen molar-refractivity contribution in [2.45, 2.75) is 20.0 Å². The van der Waals surface area contributed by atoms with Gasteiger partial charge in [-0.15, -0.1) is 0 Å². The molecule has 8 nitrogen and oxygen atoms in total. The highest BCUT2D eigenvalue weighted by atomic mass is 16.5. The molecule has 0 aliphatic heterocycles. The summed E-state index contributed by atoms with van der Waals surface area (Å²) in [6, 6.07) is 13.3. The van der Waals surface area contributed by atoms with Crippen molar-refractivity contribution in [2.75, 3.05) is 19.0 Å². The van der Waals surface area contributed by atoms with E-state index in [9.17, 15) is 9.59 Å². The Kier molecular flexibility index (Phi) is 7.30. The fourth-order valence-electron chi connectivity index (χ4n) is 2.14. The van der Waals surface area contributed by atoms with E-state index >= 15 is 0 Å². The summed E-state index contributed by atoms with van der Waals surface area (Å²) in [4.78, 5) is 24.0. The van der Waals surface area contributed by atoms with Gasteiger partial charge in [0.15, 0.2) is 17.6 Å². The molecule has 2 aromatic rings. The van der Waals surface area contributed by atoms with E-state index in [1.165, 1.54) is 7.11 Å². The summed E-state index contributed by atoms with van der Waals surface area (Å²) in [7, 11) is 1.51. The predicted molar refractivity (Wildman–Crippen MR) is 101 cm³/mol. The van der Waals surface area contributed by atoms with Crippen molar-refractivity contribution >= 4 is 17.6 Å². The standard InChI is InChI=1S/C19H23N3O5/c1-4-26-15-11-9-14(10-12-15)20-19(24)22-21-18(23)13(2)27-17-8-6-5-7-16(17)25-3/h5-13H,4H2,1-3H3,(H,21,23)(H2,20,22,24)/t13-/m0/s1. The van der Waals surface area contributed by atoms with Crippen LogP contribution in [0.1, 0.15) is 13.8 Å². The van der Waals surface area contributed by atoms with Crippen LogP contribution in [0.4, 0.5) is 10.5 Å². The highest BCUT2D eigenvalue weighted by Gasteiger charge is 2.17. The van der Waals surface area contributed by atoms with Crippen LogP contribution < -0.4 is 30.4 Å². The number of nitrogens with one attached hydrogen (secondary N) is 3. The zero-order valence-electron chi connectivity index (χ0n) is 15.4. The van der Waals surface area contributed by atoms with E-state index in [1.54, 1.807) is 55.5 Å². The number of hydrogen-bond acceptors (Lipinski definition) is 5. The van der Waals surface area contributed by atoms with E-state index in [-0.39, 0.29) is 0 Å². The lowest BCUT2D eigenvalue weighted by Gasteiger charge is -2.17. The van der Waals surface area contributed by atoms with Crippen LogP contribution in [0.3, 0.4) is 0 Å². The van der Waals surface area contributed by atoms with E-state index in [4.69, 9.17) is 14.2 Å². The average molecular weight is 373 g/mol. The van der Waals surface area contributed by atoms with Crippen molar-refractivity contribution in [3.63, 3.8) is 0 Å². The summed E-state index contributed by atoms with van der Waals surface area (Å²) in [5.74, 6) is 1.14. The summed E-state index contributed by atoms with van der Waals surface area (Å²) in [6.45, 7) is 4.02. The first-order valence-corrected chi connectivity index (χ1v) is 8.43. The minimum atomic E-state index is -0.841. The van der Waals surface area contributed by atoms with Gasteiger partial charge in [-0.1, -0.05) is 12.1 Å². The Morgan fingerprint density at radius 2 is 1.67 bits per heavy atom. The van der Waals surface area contributed by atoms with Crippen molar-refractivity contribution in [1.82, 2.24) is 10.9 Å². The van der Waals surface area contributed by atoms with Crippen molar-refractivity contribution in [1.29, 1.82) is 0 Å². The van der Waals surface area contributed by atoms with E-state index in [1.807, 2.05) is 6.92 Å². The van der Waals surface area contributed by atoms with Crippen molar-refractivity contribution in [3.05, 3.63) is 48.5 Å². The molecule has 0 aliphatic carbocycles. The zero-order valence-corrected chi connectivity index (χ0v) is 15.4. The molecule has 2 aromatic carbocycles. The minimum absolute atomic E-state index is 0.432. The number of hydrogen-bond donors (Lipinski definition) is 3. The van der Waals surface area contributed by atoms with Gasteiger partial charge in [-0.05, 0) is 50.2 Å². The molecule has 0 unspecified atom stereocenters. The molecule has 0 spiro atoms. The lowest BCUT2D eigenvalue weighted by atomic mass is 10.3. The number of anilines is 1. The molecule has 0 saturated carbocycles. The van der Waals surface area contributed by atoms with Gasteiger partial charge >= 0.3 is 6.03 Å². The van der Waals surface area contributed by atoms with Crippen LogP contribution in [0, 0.1) is 0 Å². The average Bonchev–Trinajstić information content (AvgIpc) is 2.68. The van der Waals surface area contributed by atoms with Crippen LogP contribution >= 0.6 is 0 Å². The SMILES string of the molecule is CCOc1ccc(NC(=O)NNC(=O)[C@H](C)Oc2ccccc2OC)cc1. The van der Waals surface area contributed by atoms with Gasteiger partial charge in [0.25, 0.3) is 5.91 Å². The normalized spacial score (nSPS) is 11.1. The topological polar surface area (TPSA) is 97.9 Å². The van der Waals surface area contributed by atoms with Crippen LogP contribution in [-0.4, -0.2) is 31.8 Å². The molecule has 8 heteroatoms. The quantitative estimate of drug-likeness (QED) is 0.648. The molecule has 144 valence electrons. The molecule has 0 aromatic heterocycles. The van der Waals surface area contributed by atoms with Gasteiger partial charge in [0.05, 0.1) is 13.7 Å². The Bertz CT molecular complexity index is 764. The maximum Gasteiger partial charge on any atom is 0.337 e. The minimum Gasteiger partial charge on any atom is -0.494 e. The van der Waals surface area contributed by atoms with Gasteiger partial charge in [-0.3, -0.25) is 10.2 Å². The van der Waals surface area contributed by atoms with E-state index in [0.29, 0.717) is 29.5 Å². The van der Waals surface area contributed by atoms with Crippen molar-refractivity contribution in [2.24, 2.45) is 0 Å². The molecule has 0 aliphatic rings. The molecule has 0 bridgehead atoms. The fraction of sp³-hybridized carbons (Fsp3) is 0.263. The Morgan fingerprint density at radius 1 is 1.00 bits per heavy atom. The lowest BCUT2D eigenvalue weighted by molar-refractivity contribution is -0.128. The maximum atomic E-state index is 12.1. The number of hydrazine groups is 1. The van der Waals surface area contributed by atoms with E-state index in [2.05, 4.69) is 16.2 Å². The van der Waals surface area contributed by atoms with Crippen molar-refractivity contribution < 1.29 is 23.8 Å². The largest absolute Gasteiger partial charge is 0.494 e. The first-order chi connectivity index (χ1) is 13.0. The monoisotopic (exact) mass is 373 g/mol. The van der Waals surface area contributed by atoms with Gasteiger partial charge in [-0.2, -0.15) is 0 Å². The number of carbonyl (C=O) groups is 2. The van der Waals surface area contributed by atoms with Crippen LogP contribution in [0.5, 0.6) is 17.2 Å². The number of ether oxygens (including phenoxy) is 3. The van der Waals surface area contributed by atoms with Gasteiger partial charge in [0.2, 0.25) is 0 Å². The molecule has 3 N–H and O–H groups in total. The Labute approximate surface area is 157 Å². The van der Waals surface area contributed by atoms with Crippen LogP contribution in [0.2, 0.25) is 0 Å². The first-order valence-electron chi connectivity index (χ1n) is 8.43. The number of methoxy groups -OCH3 is 1. The third-order valence-electron chi connectivity index (χ3n) is 3.46. The van der Waals surface area contributed by atoms with Crippen LogP contribution in [0.25, 0.3) is 0 Å². The van der Waals surface area contributed by atoms with Crippen LogP contribution in [0.15, 0.2) is 48.5 Å².